The van der Waals surface area contributed by atoms with Crippen LogP contribution in [0.1, 0.15) is 28.8 Å². The summed E-state index contributed by atoms with van der Waals surface area (Å²) in [5, 5.41) is 9.40. The van der Waals surface area contributed by atoms with Crippen molar-refractivity contribution in [3.63, 3.8) is 0 Å². The fourth-order valence-corrected chi connectivity index (χ4v) is 4.08. The summed E-state index contributed by atoms with van der Waals surface area (Å²) in [6, 6.07) is 15.5. The van der Waals surface area contributed by atoms with Gasteiger partial charge >= 0.3 is 0 Å². The minimum absolute atomic E-state index is 0.0444. The number of hydrogen-bond acceptors (Lipinski definition) is 6. The predicted octanol–water partition coefficient (Wildman–Crippen LogP) is 3.39. The van der Waals surface area contributed by atoms with Crippen LogP contribution in [0.5, 0.6) is 5.75 Å². The van der Waals surface area contributed by atoms with Gasteiger partial charge in [-0.2, -0.15) is 0 Å². The highest BCUT2D eigenvalue weighted by Gasteiger charge is 2.31. The number of phenols is 1. The molecule has 3 rings (SSSR count). The molecule has 0 unspecified atom stereocenters. The van der Waals surface area contributed by atoms with Crippen LogP contribution in [0.15, 0.2) is 71.7 Å². The number of phenolic OH excluding ortho intramolecular Hbond substituents is 1. The summed E-state index contributed by atoms with van der Waals surface area (Å²) >= 11 is 6.52. The SMILES string of the molecule is O=C(CCCN1C(=O)C(=CC=Cc2ccccc2)SC1=S)NNC(=O)c1cccc(O)c1. The Kier molecular flexibility index (Phi) is 8.18. The number of nitrogens with zero attached hydrogens (tertiary/aromatic N) is 1. The molecule has 2 aromatic rings. The molecule has 1 aliphatic heterocycles. The van der Waals surface area contributed by atoms with E-state index >= 15 is 0 Å². The van der Waals surface area contributed by atoms with E-state index in [9.17, 15) is 19.5 Å². The lowest BCUT2D eigenvalue weighted by Gasteiger charge is -2.14. The number of allylic oxidation sites excluding steroid dienone is 2. The van der Waals surface area contributed by atoms with Crippen LogP contribution < -0.4 is 10.9 Å². The van der Waals surface area contributed by atoms with Gasteiger partial charge < -0.3 is 5.11 Å². The standard InChI is InChI=1S/C23H21N3O4S2/c27-18-11-5-10-17(15-18)21(29)25-24-20(28)13-6-14-26-22(30)19(32-23(26)31)12-4-9-16-7-2-1-3-8-16/h1-5,7-12,15,27H,6,13-14H2,(H,24,28)(H,25,29). The Labute approximate surface area is 195 Å². The van der Waals surface area contributed by atoms with Crippen LogP contribution in [0.4, 0.5) is 0 Å². The fourth-order valence-electron chi connectivity index (χ4n) is 2.82. The second kappa shape index (κ2) is 11.3. The van der Waals surface area contributed by atoms with Crippen LogP contribution in [-0.4, -0.2) is 38.6 Å². The van der Waals surface area contributed by atoms with Gasteiger partial charge in [-0.25, -0.2) is 0 Å². The zero-order chi connectivity index (χ0) is 22.9. The van der Waals surface area contributed by atoms with Crippen molar-refractivity contribution in [2.24, 2.45) is 0 Å². The highest BCUT2D eigenvalue weighted by Crippen LogP contribution is 2.31. The lowest BCUT2D eigenvalue weighted by atomic mass is 10.2. The first-order valence-electron chi connectivity index (χ1n) is 9.79. The van der Waals surface area contributed by atoms with Crippen LogP contribution in [0, 0.1) is 0 Å². The number of carbonyl (C=O) groups excluding carboxylic acids is 3. The number of carbonyl (C=O) groups is 3. The quantitative estimate of drug-likeness (QED) is 0.328. The molecule has 2 aromatic carbocycles. The molecule has 9 heteroatoms. The third kappa shape index (κ3) is 6.53. The van der Waals surface area contributed by atoms with Gasteiger partial charge in [-0.05, 0) is 36.3 Å². The number of aromatic hydroxyl groups is 1. The normalized spacial score (nSPS) is 14.9. The van der Waals surface area contributed by atoms with E-state index in [1.54, 1.807) is 6.08 Å². The molecule has 164 valence electrons. The smallest absolute Gasteiger partial charge is 0.269 e. The van der Waals surface area contributed by atoms with Crippen LogP contribution >= 0.6 is 24.0 Å². The highest BCUT2D eigenvalue weighted by molar-refractivity contribution is 8.26. The molecule has 1 aliphatic rings. The molecule has 1 saturated heterocycles. The first-order valence-corrected chi connectivity index (χ1v) is 11.0. The molecule has 1 fully saturated rings. The molecule has 3 amide bonds. The fraction of sp³-hybridized carbons (Fsp3) is 0.130. The Morgan fingerprint density at radius 1 is 1.09 bits per heavy atom. The summed E-state index contributed by atoms with van der Waals surface area (Å²) in [6.07, 6.45) is 5.93. The molecule has 0 aromatic heterocycles. The monoisotopic (exact) mass is 467 g/mol. The molecule has 0 aliphatic carbocycles. The molecule has 0 bridgehead atoms. The number of amides is 3. The molecule has 0 saturated carbocycles. The van der Waals surface area contributed by atoms with Gasteiger partial charge in [0.2, 0.25) is 5.91 Å². The molecular formula is C23H21N3O4S2. The maximum atomic E-state index is 12.6. The number of hydrogen-bond donors (Lipinski definition) is 3. The van der Waals surface area contributed by atoms with Gasteiger partial charge in [0, 0.05) is 18.5 Å². The van der Waals surface area contributed by atoms with Gasteiger partial charge in [0.25, 0.3) is 11.8 Å². The average Bonchev–Trinajstić information content (AvgIpc) is 3.05. The van der Waals surface area contributed by atoms with Crippen LogP contribution in [0.2, 0.25) is 0 Å². The first kappa shape index (κ1) is 23.2. The van der Waals surface area contributed by atoms with Gasteiger partial charge in [0.05, 0.1) is 4.91 Å². The summed E-state index contributed by atoms with van der Waals surface area (Å²) in [4.78, 5) is 38.5. The van der Waals surface area contributed by atoms with E-state index in [0.717, 1.165) is 5.56 Å². The highest BCUT2D eigenvalue weighted by atomic mass is 32.2. The van der Waals surface area contributed by atoms with Gasteiger partial charge in [-0.1, -0.05) is 72.5 Å². The van der Waals surface area contributed by atoms with Crippen LogP contribution in [0.3, 0.4) is 0 Å². The second-order valence-corrected chi connectivity index (χ2v) is 8.46. The summed E-state index contributed by atoms with van der Waals surface area (Å²) in [5.74, 6) is -1.17. The molecule has 0 atom stereocenters. The summed E-state index contributed by atoms with van der Waals surface area (Å²) in [5.41, 5.74) is 5.85. The number of thioether (sulfide) groups is 1. The van der Waals surface area contributed by atoms with Crippen molar-refractivity contribution >= 4 is 52.1 Å². The average molecular weight is 468 g/mol. The number of thiocarbonyl (C=S) groups is 1. The van der Waals surface area contributed by atoms with E-state index in [0.29, 0.717) is 22.2 Å². The molecule has 0 spiro atoms. The molecule has 32 heavy (non-hydrogen) atoms. The van der Waals surface area contributed by atoms with E-state index in [-0.39, 0.29) is 23.6 Å². The minimum atomic E-state index is -0.542. The zero-order valence-electron chi connectivity index (χ0n) is 17.0. The first-order chi connectivity index (χ1) is 15.4. The topological polar surface area (TPSA) is 98.7 Å². The summed E-state index contributed by atoms with van der Waals surface area (Å²) in [6.45, 7) is 0.304. The molecule has 0 radical (unpaired) electrons. The molecule has 1 heterocycles. The van der Waals surface area contributed by atoms with Crippen molar-refractivity contribution in [2.45, 2.75) is 12.8 Å². The largest absolute Gasteiger partial charge is 0.508 e. The van der Waals surface area contributed by atoms with E-state index in [1.807, 2.05) is 42.5 Å². The lowest BCUT2D eigenvalue weighted by molar-refractivity contribution is -0.124. The number of hydrazine groups is 1. The Morgan fingerprint density at radius 3 is 2.62 bits per heavy atom. The van der Waals surface area contributed by atoms with E-state index < -0.39 is 11.8 Å². The Hall–Kier alpha value is -3.43. The van der Waals surface area contributed by atoms with Crippen LogP contribution in [-0.2, 0) is 9.59 Å². The van der Waals surface area contributed by atoms with E-state index in [2.05, 4.69) is 10.9 Å². The van der Waals surface area contributed by atoms with E-state index in [4.69, 9.17) is 12.2 Å². The molecule has 7 nitrogen and oxygen atoms in total. The maximum Gasteiger partial charge on any atom is 0.269 e. The predicted molar refractivity (Wildman–Crippen MR) is 128 cm³/mol. The van der Waals surface area contributed by atoms with Crippen molar-refractivity contribution in [1.29, 1.82) is 0 Å². The Morgan fingerprint density at radius 2 is 1.88 bits per heavy atom. The molecular weight excluding hydrogens is 446 g/mol. The number of rotatable bonds is 7. The Bertz CT molecular complexity index is 1080. The summed E-state index contributed by atoms with van der Waals surface area (Å²) in [7, 11) is 0. The lowest BCUT2D eigenvalue weighted by Crippen LogP contribution is -2.41. The van der Waals surface area contributed by atoms with Gasteiger partial charge in [-0.15, -0.1) is 0 Å². The third-order valence-corrected chi connectivity index (χ3v) is 5.81. The van der Waals surface area contributed by atoms with E-state index in [1.165, 1.54) is 40.9 Å². The van der Waals surface area contributed by atoms with Crippen molar-refractivity contribution in [2.75, 3.05) is 6.54 Å². The van der Waals surface area contributed by atoms with Crippen molar-refractivity contribution < 1.29 is 19.5 Å². The zero-order valence-corrected chi connectivity index (χ0v) is 18.6. The number of benzene rings is 2. The molecule has 3 N–H and O–H groups in total. The van der Waals surface area contributed by atoms with Crippen LogP contribution in [0.25, 0.3) is 6.08 Å². The third-order valence-electron chi connectivity index (χ3n) is 4.42. The van der Waals surface area contributed by atoms with Gasteiger partial charge in [0.1, 0.15) is 10.1 Å². The Balaban J connectivity index is 1.43. The van der Waals surface area contributed by atoms with Crippen molar-refractivity contribution in [1.82, 2.24) is 15.8 Å². The van der Waals surface area contributed by atoms with Gasteiger partial charge in [-0.3, -0.25) is 30.1 Å². The maximum absolute atomic E-state index is 12.6. The van der Waals surface area contributed by atoms with Gasteiger partial charge in [0.15, 0.2) is 0 Å². The second-order valence-electron chi connectivity index (χ2n) is 6.78. The number of nitrogens with one attached hydrogen (secondary N) is 2. The van der Waals surface area contributed by atoms with Crippen molar-refractivity contribution in [3.8, 4) is 5.75 Å². The minimum Gasteiger partial charge on any atom is -0.508 e. The summed E-state index contributed by atoms with van der Waals surface area (Å²) < 4.78 is 0.451. The van der Waals surface area contributed by atoms with Crippen molar-refractivity contribution in [3.05, 3.63) is 82.8 Å².